The number of anilines is 1. The van der Waals surface area contributed by atoms with Crippen LogP contribution in [0.5, 0.6) is 0 Å². The second-order valence-electron chi connectivity index (χ2n) is 4.34. The molecule has 0 bridgehead atoms. The van der Waals surface area contributed by atoms with Gasteiger partial charge in [-0.3, -0.25) is 4.79 Å². The number of aromatic nitrogens is 4. The fraction of sp³-hybridized carbons (Fsp3) is 0.500. The molecule has 0 aliphatic heterocycles. The van der Waals surface area contributed by atoms with Gasteiger partial charge in [-0.05, 0) is 31.3 Å². The topological polar surface area (TPSA) is 72.7 Å². The number of rotatable bonds is 5. The highest BCUT2D eigenvalue weighted by Gasteiger charge is 2.18. The summed E-state index contributed by atoms with van der Waals surface area (Å²) in [5.41, 5.74) is 1.28. The smallest absolute Gasteiger partial charge is 0.278 e. The number of amides is 1. The van der Waals surface area contributed by atoms with E-state index in [1.807, 2.05) is 11.6 Å². The Morgan fingerprint density at radius 1 is 1.47 bits per heavy atom. The van der Waals surface area contributed by atoms with Crippen molar-refractivity contribution in [1.82, 2.24) is 19.4 Å². The number of hydrogen-bond donors (Lipinski definition) is 1. The molecule has 1 N–H and O–H groups in total. The average Bonchev–Trinajstić information content (AvgIpc) is 3.04. The number of aryl methyl sites for hydroxylation is 1. The van der Waals surface area contributed by atoms with Crippen LogP contribution in [0.4, 0.5) is 5.82 Å². The van der Waals surface area contributed by atoms with E-state index in [2.05, 4.69) is 33.8 Å². The normalized spacial score (nSPS) is 10.9. The molecule has 1 amide bonds. The van der Waals surface area contributed by atoms with Gasteiger partial charge in [0.15, 0.2) is 5.69 Å². The molecule has 0 spiro atoms. The summed E-state index contributed by atoms with van der Waals surface area (Å²) in [5, 5.41) is 12.6. The minimum atomic E-state index is -0.246. The molecular weight excluding hydrogens is 262 g/mol. The Morgan fingerprint density at radius 2 is 2.21 bits per heavy atom. The van der Waals surface area contributed by atoms with E-state index in [0.29, 0.717) is 5.69 Å². The van der Waals surface area contributed by atoms with E-state index in [-0.39, 0.29) is 11.9 Å². The molecule has 2 aromatic rings. The van der Waals surface area contributed by atoms with E-state index < -0.39 is 0 Å². The van der Waals surface area contributed by atoms with Crippen LogP contribution in [-0.4, -0.2) is 25.3 Å². The van der Waals surface area contributed by atoms with Gasteiger partial charge in [0.2, 0.25) is 0 Å². The van der Waals surface area contributed by atoms with Gasteiger partial charge in [0.1, 0.15) is 5.82 Å². The molecular formula is C12H17N5OS. The van der Waals surface area contributed by atoms with E-state index in [1.165, 1.54) is 0 Å². The molecule has 0 aromatic carbocycles. The molecule has 0 aliphatic carbocycles. The third-order valence-corrected chi connectivity index (χ3v) is 3.60. The number of hydrogen-bond acceptors (Lipinski definition) is 5. The fourth-order valence-electron chi connectivity index (χ4n) is 1.95. The number of carbonyl (C=O) groups excluding carboxylic acids is 1. The lowest BCUT2D eigenvalue weighted by molar-refractivity contribution is 0.102. The van der Waals surface area contributed by atoms with Gasteiger partial charge in [0, 0.05) is 10.9 Å². The lowest BCUT2D eigenvalue weighted by Gasteiger charge is -2.17. The molecule has 0 atom stereocenters. The summed E-state index contributed by atoms with van der Waals surface area (Å²) < 4.78 is 5.58. The van der Waals surface area contributed by atoms with Crippen LogP contribution in [0.2, 0.25) is 0 Å². The first-order valence-corrected chi connectivity index (χ1v) is 7.13. The summed E-state index contributed by atoms with van der Waals surface area (Å²) in [7, 11) is 0. The Balaban J connectivity index is 2.25. The first-order valence-electron chi connectivity index (χ1n) is 6.29. The zero-order valence-electron chi connectivity index (χ0n) is 11.3. The summed E-state index contributed by atoms with van der Waals surface area (Å²) in [6, 6.07) is 0.289. The van der Waals surface area contributed by atoms with Gasteiger partial charge < -0.3 is 5.32 Å². The highest BCUT2D eigenvalue weighted by Crippen LogP contribution is 2.23. The van der Waals surface area contributed by atoms with Crippen molar-refractivity contribution in [2.75, 3.05) is 5.32 Å². The van der Waals surface area contributed by atoms with Crippen molar-refractivity contribution < 1.29 is 4.79 Å². The van der Waals surface area contributed by atoms with E-state index >= 15 is 0 Å². The second-order valence-corrected chi connectivity index (χ2v) is 4.95. The van der Waals surface area contributed by atoms with Crippen molar-refractivity contribution in [3.63, 3.8) is 0 Å². The van der Waals surface area contributed by atoms with Gasteiger partial charge in [-0.1, -0.05) is 18.3 Å². The lowest BCUT2D eigenvalue weighted by Crippen LogP contribution is -2.19. The van der Waals surface area contributed by atoms with Crippen LogP contribution in [0.1, 0.15) is 48.8 Å². The van der Waals surface area contributed by atoms with Crippen LogP contribution in [0, 0.1) is 6.92 Å². The minimum absolute atomic E-state index is 0.246. The third-order valence-electron chi connectivity index (χ3n) is 3.09. The van der Waals surface area contributed by atoms with Crippen molar-refractivity contribution in [2.45, 2.75) is 39.7 Å². The van der Waals surface area contributed by atoms with Gasteiger partial charge in [0.25, 0.3) is 5.91 Å². The number of carbonyl (C=O) groups is 1. The highest BCUT2D eigenvalue weighted by molar-refractivity contribution is 7.03. The first-order chi connectivity index (χ1) is 9.17. The summed E-state index contributed by atoms with van der Waals surface area (Å²) in [4.78, 5) is 12.0. The van der Waals surface area contributed by atoms with Gasteiger partial charge in [-0.15, -0.1) is 5.10 Å². The Bertz CT molecular complexity index is 544. The van der Waals surface area contributed by atoms with E-state index in [0.717, 1.165) is 35.8 Å². The number of nitrogens with one attached hydrogen (secondary N) is 1. The van der Waals surface area contributed by atoms with Crippen LogP contribution in [0.15, 0.2) is 11.6 Å². The monoisotopic (exact) mass is 279 g/mol. The van der Waals surface area contributed by atoms with Crippen molar-refractivity contribution in [3.8, 4) is 0 Å². The predicted octanol–water partition coefficient (Wildman–Crippen LogP) is 2.66. The summed E-state index contributed by atoms with van der Waals surface area (Å²) >= 11 is 1.16. The molecule has 2 aromatic heterocycles. The SMILES string of the molecule is CCC(CC)n1ncc(C)c1NC(=O)c1csnn1. The quantitative estimate of drug-likeness (QED) is 0.913. The third kappa shape index (κ3) is 2.81. The maximum Gasteiger partial charge on any atom is 0.278 e. The molecule has 0 saturated heterocycles. The molecule has 19 heavy (non-hydrogen) atoms. The zero-order chi connectivity index (χ0) is 13.8. The van der Waals surface area contributed by atoms with Gasteiger partial charge >= 0.3 is 0 Å². The molecule has 0 saturated carbocycles. The maximum atomic E-state index is 12.0. The molecule has 0 unspecified atom stereocenters. The van der Waals surface area contributed by atoms with Crippen LogP contribution in [0.25, 0.3) is 0 Å². The van der Waals surface area contributed by atoms with E-state index in [1.54, 1.807) is 11.6 Å². The predicted molar refractivity (Wildman–Crippen MR) is 74.4 cm³/mol. The Labute approximate surface area is 116 Å². The standard InChI is InChI=1S/C12H17N5OS/c1-4-9(5-2)17-11(8(3)6-13-17)14-12(18)10-7-19-16-15-10/h6-7,9H,4-5H2,1-3H3,(H,14,18). The fourth-order valence-corrected chi connectivity index (χ4v) is 2.39. The Hall–Kier alpha value is -1.76. The maximum absolute atomic E-state index is 12.0. The van der Waals surface area contributed by atoms with Gasteiger partial charge in [-0.2, -0.15) is 5.10 Å². The van der Waals surface area contributed by atoms with Crippen molar-refractivity contribution in [2.24, 2.45) is 0 Å². The second kappa shape index (κ2) is 5.92. The summed E-state index contributed by atoms with van der Waals surface area (Å²) in [6.07, 6.45) is 3.71. The minimum Gasteiger partial charge on any atom is -0.305 e. The summed E-state index contributed by atoms with van der Waals surface area (Å²) in [6.45, 7) is 6.16. The molecule has 0 aliphatic rings. The Kier molecular flexibility index (Phi) is 4.26. The van der Waals surface area contributed by atoms with Gasteiger partial charge in [-0.25, -0.2) is 4.68 Å². The van der Waals surface area contributed by atoms with Crippen LogP contribution < -0.4 is 5.32 Å². The van der Waals surface area contributed by atoms with E-state index in [4.69, 9.17) is 0 Å². The lowest BCUT2D eigenvalue weighted by atomic mass is 10.2. The Morgan fingerprint density at radius 3 is 2.79 bits per heavy atom. The molecule has 2 rings (SSSR count). The van der Waals surface area contributed by atoms with Crippen molar-refractivity contribution >= 4 is 23.3 Å². The van der Waals surface area contributed by atoms with Crippen LogP contribution in [0.3, 0.4) is 0 Å². The first kappa shape index (κ1) is 13.7. The summed E-state index contributed by atoms with van der Waals surface area (Å²) in [5.74, 6) is 0.497. The van der Waals surface area contributed by atoms with Crippen molar-refractivity contribution in [1.29, 1.82) is 0 Å². The molecule has 102 valence electrons. The zero-order valence-corrected chi connectivity index (χ0v) is 12.1. The average molecular weight is 279 g/mol. The molecule has 0 radical (unpaired) electrons. The van der Waals surface area contributed by atoms with Crippen molar-refractivity contribution in [3.05, 3.63) is 22.8 Å². The molecule has 7 heteroatoms. The largest absolute Gasteiger partial charge is 0.305 e. The van der Waals surface area contributed by atoms with E-state index in [9.17, 15) is 4.79 Å². The number of nitrogens with zero attached hydrogens (tertiary/aromatic N) is 4. The molecule has 0 fully saturated rings. The van der Waals surface area contributed by atoms with Crippen LogP contribution >= 0.6 is 11.5 Å². The molecule has 6 nitrogen and oxygen atoms in total. The van der Waals surface area contributed by atoms with Gasteiger partial charge in [0.05, 0.1) is 12.2 Å². The highest BCUT2D eigenvalue weighted by atomic mass is 32.1. The van der Waals surface area contributed by atoms with Crippen LogP contribution in [-0.2, 0) is 0 Å². The molecule has 2 heterocycles.